The molecule has 0 radical (unpaired) electrons. The van der Waals surface area contributed by atoms with Gasteiger partial charge < -0.3 is 10.4 Å². The molecular weight excluding hydrogens is 250 g/mol. The summed E-state index contributed by atoms with van der Waals surface area (Å²) in [5, 5.41) is 15.1. The third kappa shape index (κ3) is 2.62. The number of carboxylic acids is 1. The Balaban J connectivity index is 1.73. The Kier molecular flexibility index (Phi) is 3.59. The maximum absolute atomic E-state index is 11.0. The lowest BCUT2D eigenvalue weighted by atomic mass is 9.86. The average Bonchev–Trinajstić information content (AvgIpc) is 2.48. The first-order chi connectivity index (χ1) is 9.74. The van der Waals surface area contributed by atoms with Crippen LogP contribution < -0.4 is 5.32 Å². The summed E-state index contributed by atoms with van der Waals surface area (Å²) in [6.07, 6.45) is 3.41. The number of nitrogens with one attached hydrogen (secondary N) is 1. The van der Waals surface area contributed by atoms with Gasteiger partial charge in [0.05, 0.1) is 5.92 Å². The zero-order chi connectivity index (χ0) is 13.9. The van der Waals surface area contributed by atoms with E-state index >= 15 is 0 Å². The molecule has 0 saturated heterocycles. The summed E-state index contributed by atoms with van der Waals surface area (Å²) in [7, 11) is 0. The van der Waals surface area contributed by atoms with Crippen molar-refractivity contribution in [3.8, 4) is 0 Å². The van der Waals surface area contributed by atoms with E-state index in [1.54, 1.807) is 0 Å². The van der Waals surface area contributed by atoms with Crippen LogP contribution in [0.15, 0.2) is 42.5 Å². The monoisotopic (exact) mass is 269 g/mol. The second kappa shape index (κ2) is 5.53. The molecule has 3 nitrogen and oxygen atoms in total. The number of carbonyl (C=O) groups is 1. The van der Waals surface area contributed by atoms with Crippen molar-refractivity contribution in [2.45, 2.75) is 31.7 Å². The number of benzene rings is 2. The number of fused-ring (bicyclic) bond motifs is 1. The van der Waals surface area contributed by atoms with Crippen LogP contribution in [-0.4, -0.2) is 17.1 Å². The highest BCUT2D eigenvalue weighted by atomic mass is 16.4. The van der Waals surface area contributed by atoms with Crippen molar-refractivity contribution in [3.05, 3.63) is 42.5 Å². The Bertz CT molecular complexity index is 610. The van der Waals surface area contributed by atoms with Gasteiger partial charge in [-0.15, -0.1) is 0 Å². The summed E-state index contributed by atoms with van der Waals surface area (Å²) in [6.45, 7) is 0. The number of anilines is 1. The molecular formula is C17H19NO2. The Morgan fingerprint density at radius 3 is 2.45 bits per heavy atom. The van der Waals surface area contributed by atoms with Gasteiger partial charge in [-0.1, -0.05) is 36.4 Å². The molecule has 2 aromatic rings. The molecule has 104 valence electrons. The summed E-state index contributed by atoms with van der Waals surface area (Å²) in [5.41, 5.74) is 1.15. The van der Waals surface area contributed by atoms with E-state index in [1.165, 1.54) is 10.8 Å². The van der Waals surface area contributed by atoms with Gasteiger partial charge >= 0.3 is 5.97 Å². The van der Waals surface area contributed by atoms with Gasteiger partial charge in [-0.05, 0) is 37.1 Å². The highest BCUT2D eigenvalue weighted by molar-refractivity contribution is 5.93. The lowest BCUT2D eigenvalue weighted by Crippen LogP contribution is -2.29. The van der Waals surface area contributed by atoms with E-state index in [4.69, 9.17) is 5.11 Å². The molecule has 0 unspecified atom stereocenters. The van der Waals surface area contributed by atoms with Crippen LogP contribution in [0.5, 0.6) is 0 Å². The van der Waals surface area contributed by atoms with E-state index in [9.17, 15) is 4.79 Å². The third-order valence-electron chi connectivity index (χ3n) is 4.23. The van der Waals surface area contributed by atoms with Gasteiger partial charge in [0.15, 0.2) is 0 Å². The molecule has 20 heavy (non-hydrogen) atoms. The predicted octanol–water partition coefficient (Wildman–Crippen LogP) is 3.90. The highest BCUT2D eigenvalue weighted by Crippen LogP contribution is 2.29. The van der Waals surface area contributed by atoms with Gasteiger partial charge in [0.2, 0.25) is 0 Å². The number of hydrogen-bond acceptors (Lipinski definition) is 2. The Morgan fingerprint density at radius 1 is 1.00 bits per heavy atom. The standard InChI is InChI=1S/C17H19NO2/c19-17(20)13-8-10-14(11-9-13)18-16-7-3-5-12-4-1-2-6-15(12)16/h1-7,13-14,18H,8-11H2,(H,19,20). The van der Waals surface area contributed by atoms with Crippen LogP contribution >= 0.6 is 0 Å². The first-order valence-corrected chi connectivity index (χ1v) is 7.21. The summed E-state index contributed by atoms with van der Waals surface area (Å²) >= 11 is 0. The van der Waals surface area contributed by atoms with E-state index in [-0.39, 0.29) is 5.92 Å². The van der Waals surface area contributed by atoms with Gasteiger partial charge in [-0.3, -0.25) is 4.79 Å². The fraction of sp³-hybridized carbons (Fsp3) is 0.353. The SMILES string of the molecule is O=C(O)C1CCC(Nc2cccc3ccccc23)CC1. The van der Waals surface area contributed by atoms with E-state index in [0.717, 1.165) is 31.4 Å². The summed E-state index contributed by atoms with van der Waals surface area (Å²) in [4.78, 5) is 11.0. The van der Waals surface area contributed by atoms with Crippen molar-refractivity contribution >= 4 is 22.4 Å². The molecule has 2 aromatic carbocycles. The zero-order valence-corrected chi connectivity index (χ0v) is 11.4. The quantitative estimate of drug-likeness (QED) is 0.888. The molecule has 0 aromatic heterocycles. The first-order valence-electron chi connectivity index (χ1n) is 7.21. The van der Waals surface area contributed by atoms with Crippen molar-refractivity contribution in [1.29, 1.82) is 0 Å². The van der Waals surface area contributed by atoms with Gasteiger partial charge in [-0.2, -0.15) is 0 Å². The molecule has 0 atom stereocenters. The number of rotatable bonds is 3. The molecule has 0 heterocycles. The number of aliphatic carboxylic acids is 1. The molecule has 1 saturated carbocycles. The van der Waals surface area contributed by atoms with Gasteiger partial charge in [0.1, 0.15) is 0 Å². The first kappa shape index (κ1) is 13.0. The number of hydrogen-bond donors (Lipinski definition) is 2. The average molecular weight is 269 g/mol. The lowest BCUT2D eigenvalue weighted by molar-refractivity contribution is -0.142. The van der Waals surface area contributed by atoms with Crippen molar-refractivity contribution < 1.29 is 9.90 Å². The molecule has 3 heteroatoms. The normalized spacial score (nSPS) is 22.6. The minimum atomic E-state index is -0.645. The smallest absolute Gasteiger partial charge is 0.306 e. The molecule has 0 amide bonds. The maximum atomic E-state index is 11.0. The van der Waals surface area contributed by atoms with Crippen molar-refractivity contribution in [2.24, 2.45) is 5.92 Å². The zero-order valence-electron chi connectivity index (χ0n) is 11.4. The van der Waals surface area contributed by atoms with Crippen LogP contribution in [0.2, 0.25) is 0 Å². The predicted molar refractivity (Wildman–Crippen MR) is 81.0 cm³/mol. The Morgan fingerprint density at radius 2 is 1.70 bits per heavy atom. The van der Waals surface area contributed by atoms with Crippen molar-refractivity contribution in [1.82, 2.24) is 0 Å². The van der Waals surface area contributed by atoms with Crippen LogP contribution in [-0.2, 0) is 4.79 Å². The van der Waals surface area contributed by atoms with E-state index in [2.05, 4.69) is 41.7 Å². The van der Waals surface area contributed by atoms with Crippen LogP contribution in [0.4, 0.5) is 5.69 Å². The van der Waals surface area contributed by atoms with Crippen LogP contribution in [0.25, 0.3) is 10.8 Å². The third-order valence-corrected chi connectivity index (χ3v) is 4.23. The van der Waals surface area contributed by atoms with Gasteiger partial charge in [0, 0.05) is 17.1 Å². The van der Waals surface area contributed by atoms with Crippen LogP contribution in [0.1, 0.15) is 25.7 Å². The van der Waals surface area contributed by atoms with Crippen molar-refractivity contribution in [2.75, 3.05) is 5.32 Å². The van der Waals surface area contributed by atoms with E-state index < -0.39 is 5.97 Å². The van der Waals surface area contributed by atoms with Crippen LogP contribution in [0.3, 0.4) is 0 Å². The topological polar surface area (TPSA) is 49.3 Å². The molecule has 2 N–H and O–H groups in total. The van der Waals surface area contributed by atoms with Crippen molar-refractivity contribution in [3.63, 3.8) is 0 Å². The van der Waals surface area contributed by atoms with Gasteiger partial charge in [-0.25, -0.2) is 0 Å². The largest absolute Gasteiger partial charge is 0.481 e. The molecule has 1 aliphatic rings. The molecule has 0 bridgehead atoms. The minimum absolute atomic E-state index is 0.152. The summed E-state index contributed by atoms with van der Waals surface area (Å²) < 4.78 is 0. The van der Waals surface area contributed by atoms with E-state index in [0.29, 0.717) is 6.04 Å². The Hall–Kier alpha value is -2.03. The minimum Gasteiger partial charge on any atom is -0.481 e. The maximum Gasteiger partial charge on any atom is 0.306 e. The van der Waals surface area contributed by atoms with E-state index in [1.807, 2.05) is 6.07 Å². The molecule has 0 spiro atoms. The second-order valence-electron chi connectivity index (χ2n) is 5.56. The summed E-state index contributed by atoms with van der Waals surface area (Å²) in [5.74, 6) is -0.797. The lowest BCUT2D eigenvalue weighted by Gasteiger charge is -2.28. The molecule has 1 aliphatic carbocycles. The molecule has 1 fully saturated rings. The van der Waals surface area contributed by atoms with Crippen LogP contribution in [0, 0.1) is 5.92 Å². The van der Waals surface area contributed by atoms with Gasteiger partial charge in [0.25, 0.3) is 0 Å². The number of carboxylic acid groups (broad SMARTS) is 1. The molecule has 0 aliphatic heterocycles. The summed E-state index contributed by atoms with van der Waals surface area (Å²) in [6, 6.07) is 15.0. The highest BCUT2D eigenvalue weighted by Gasteiger charge is 2.25. The fourth-order valence-electron chi connectivity index (χ4n) is 3.06. The Labute approximate surface area is 118 Å². The second-order valence-corrected chi connectivity index (χ2v) is 5.56. The molecule has 3 rings (SSSR count). The fourth-order valence-corrected chi connectivity index (χ4v) is 3.06.